The molecule has 0 amide bonds. The van der Waals surface area contributed by atoms with E-state index in [0.29, 0.717) is 5.52 Å². The molecule has 0 spiro atoms. The Morgan fingerprint density at radius 2 is 1.50 bits per heavy atom. The van der Waals surface area contributed by atoms with Gasteiger partial charge in [-0.3, -0.25) is 0 Å². The van der Waals surface area contributed by atoms with Crippen LogP contribution in [0.5, 0.6) is 5.75 Å². The Labute approximate surface area is 129 Å². The Balaban J connectivity index is 2.11. The van der Waals surface area contributed by atoms with Crippen LogP contribution in [0.25, 0.3) is 42.2 Å². The van der Waals surface area contributed by atoms with Gasteiger partial charge >= 0.3 is 0 Å². The minimum Gasteiger partial charge on any atom is -0.506 e. The maximum absolute atomic E-state index is 10.4. The first-order chi connectivity index (χ1) is 10.8. The number of rotatable bonds is 0. The molecule has 0 radical (unpaired) electrons. The molecule has 1 N–H and O–H groups in total. The fourth-order valence-corrected chi connectivity index (χ4v) is 3.98. The van der Waals surface area contributed by atoms with Crippen molar-refractivity contribution in [1.29, 1.82) is 0 Å². The van der Waals surface area contributed by atoms with E-state index in [9.17, 15) is 5.11 Å². The summed E-state index contributed by atoms with van der Waals surface area (Å²) in [5.74, 6) is 0.215. The molecule has 3 nitrogen and oxygen atoms in total. The van der Waals surface area contributed by atoms with Gasteiger partial charge in [-0.1, -0.05) is 30.3 Å². The molecular weight excluding hydrogens is 292 g/mol. The summed E-state index contributed by atoms with van der Waals surface area (Å²) in [5.41, 5.74) is 3.39. The number of fused-ring (bicyclic) bond motifs is 6. The van der Waals surface area contributed by atoms with Gasteiger partial charge in [0.25, 0.3) is 0 Å². The topological polar surface area (TPSA) is 46.0 Å². The third-order valence-corrected chi connectivity index (χ3v) is 5.04. The zero-order chi connectivity index (χ0) is 14.7. The van der Waals surface area contributed by atoms with Gasteiger partial charge in [-0.25, -0.2) is 9.97 Å². The maximum atomic E-state index is 10.4. The van der Waals surface area contributed by atoms with Crippen molar-refractivity contribution >= 4 is 53.6 Å². The predicted octanol–water partition coefficient (Wildman–Crippen LogP) is 4.86. The van der Waals surface area contributed by atoms with Gasteiger partial charge in [0.2, 0.25) is 0 Å². The van der Waals surface area contributed by atoms with Crippen molar-refractivity contribution in [3.05, 3.63) is 54.6 Å². The van der Waals surface area contributed by atoms with Gasteiger partial charge in [-0.2, -0.15) is 0 Å². The molecule has 0 saturated carbocycles. The molecule has 0 aliphatic heterocycles. The molecule has 5 rings (SSSR count). The summed E-state index contributed by atoms with van der Waals surface area (Å²) in [5, 5.41) is 12.3. The van der Waals surface area contributed by atoms with Gasteiger partial charge in [0.15, 0.2) is 0 Å². The molecule has 0 saturated heterocycles. The van der Waals surface area contributed by atoms with E-state index in [2.05, 4.69) is 11.1 Å². The molecule has 5 aromatic rings. The Hall–Kier alpha value is -2.72. The number of aromatic nitrogens is 2. The molecule has 0 aliphatic carbocycles. The van der Waals surface area contributed by atoms with Crippen molar-refractivity contribution in [3.8, 4) is 5.75 Å². The molecule has 0 unspecified atom stereocenters. The summed E-state index contributed by atoms with van der Waals surface area (Å²) < 4.78 is 2.08. The van der Waals surface area contributed by atoms with Crippen molar-refractivity contribution in [3.63, 3.8) is 0 Å². The third-order valence-electron chi connectivity index (χ3n) is 3.94. The lowest BCUT2D eigenvalue weighted by Crippen LogP contribution is -1.82. The van der Waals surface area contributed by atoms with Crippen LogP contribution in [-0.4, -0.2) is 15.1 Å². The van der Waals surface area contributed by atoms with Crippen LogP contribution in [-0.2, 0) is 0 Å². The smallest absolute Gasteiger partial charge is 0.143 e. The number of hydrogen-bond acceptors (Lipinski definition) is 4. The second-order valence-electron chi connectivity index (χ2n) is 5.28. The first kappa shape index (κ1) is 11.9. The van der Waals surface area contributed by atoms with E-state index in [1.54, 1.807) is 17.4 Å². The number of benzene rings is 3. The minimum atomic E-state index is 0.215. The van der Waals surface area contributed by atoms with E-state index < -0.39 is 0 Å². The lowest BCUT2D eigenvalue weighted by molar-refractivity contribution is 0.481. The summed E-state index contributed by atoms with van der Waals surface area (Å²) in [4.78, 5) is 9.39. The van der Waals surface area contributed by atoms with E-state index in [1.807, 2.05) is 42.5 Å². The fourth-order valence-electron chi connectivity index (χ4n) is 2.96. The highest BCUT2D eigenvalue weighted by Crippen LogP contribution is 2.39. The zero-order valence-corrected chi connectivity index (χ0v) is 12.3. The van der Waals surface area contributed by atoms with Crippen molar-refractivity contribution < 1.29 is 5.11 Å². The quantitative estimate of drug-likeness (QED) is 0.416. The highest BCUT2D eigenvalue weighted by atomic mass is 32.1. The van der Waals surface area contributed by atoms with E-state index in [-0.39, 0.29) is 5.75 Å². The first-order valence-corrected chi connectivity index (χ1v) is 7.82. The average Bonchev–Trinajstić information content (AvgIpc) is 2.94. The number of hydrogen-bond donors (Lipinski definition) is 1. The molecule has 0 fully saturated rings. The zero-order valence-electron chi connectivity index (χ0n) is 11.4. The molecule has 0 atom stereocenters. The van der Waals surface area contributed by atoms with Crippen molar-refractivity contribution in [2.45, 2.75) is 0 Å². The van der Waals surface area contributed by atoms with Crippen LogP contribution in [0, 0.1) is 0 Å². The normalized spacial score (nSPS) is 11.8. The van der Waals surface area contributed by atoms with E-state index in [0.717, 1.165) is 36.7 Å². The number of phenols is 1. The van der Waals surface area contributed by atoms with Gasteiger partial charge in [0.1, 0.15) is 11.3 Å². The van der Waals surface area contributed by atoms with Crippen LogP contribution in [0.15, 0.2) is 54.6 Å². The highest BCUT2D eigenvalue weighted by molar-refractivity contribution is 7.24. The van der Waals surface area contributed by atoms with Crippen LogP contribution in [0.1, 0.15) is 0 Å². The summed E-state index contributed by atoms with van der Waals surface area (Å²) in [6, 6.07) is 17.8. The van der Waals surface area contributed by atoms with Gasteiger partial charge < -0.3 is 5.11 Å². The second kappa shape index (κ2) is 4.15. The molecule has 4 heteroatoms. The van der Waals surface area contributed by atoms with Crippen molar-refractivity contribution in [2.75, 3.05) is 0 Å². The first-order valence-electron chi connectivity index (χ1n) is 7.01. The standard InChI is InChI=1S/C18H10N2OS/c21-13-9-15-18(20-12-7-3-4-8-14(12)22-15)16-10-5-1-2-6-11(10)19-17(13)16/h1-9,21H. The summed E-state index contributed by atoms with van der Waals surface area (Å²) in [6.07, 6.45) is 0. The molecule has 22 heavy (non-hydrogen) atoms. The molecule has 0 aliphatic rings. The third kappa shape index (κ3) is 1.50. The van der Waals surface area contributed by atoms with Crippen LogP contribution in [0.2, 0.25) is 0 Å². The average molecular weight is 302 g/mol. The molecule has 2 aromatic heterocycles. The van der Waals surface area contributed by atoms with Gasteiger partial charge in [0.05, 0.1) is 25.9 Å². The molecular formula is C18H10N2OS. The summed E-state index contributed by atoms with van der Waals surface area (Å²) in [7, 11) is 0. The van der Waals surface area contributed by atoms with Crippen LogP contribution in [0.3, 0.4) is 0 Å². The van der Waals surface area contributed by atoms with Crippen molar-refractivity contribution in [1.82, 2.24) is 9.97 Å². The summed E-state index contributed by atoms with van der Waals surface area (Å²) in [6.45, 7) is 0. The van der Waals surface area contributed by atoms with Crippen LogP contribution >= 0.6 is 11.3 Å². The van der Waals surface area contributed by atoms with E-state index >= 15 is 0 Å². The number of para-hydroxylation sites is 2. The molecule has 104 valence electrons. The number of aromatic hydroxyl groups is 1. The fraction of sp³-hybridized carbons (Fsp3) is 0. The lowest BCUT2D eigenvalue weighted by atomic mass is 10.1. The van der Waals surface area contributed by atoms with Crippen LogP contribution < -0.4 is 0 Å². The minimum absolute atomic E-state index is 0.215. The van der Waals surface area contributed by atoms with E-state index in [4.69, 9.17) is 4.98 Å². The number of phenolic OH excluding ortho intramolecular Hbond substituents is 1. The molecule has 3 aromatic carbocycles. The SMILES string of the molecule is Oc1cc2sc3ccccc3nc2c2c1nc1ccccc12. The Kier molecular flexibility index (Phi) is 2.24. The summed E-state index contributed by atoms with van der Waals surface area (Å²) >= 11 is 1.64. The van der Waals surface area contributed by atoms with E-state index in [1.165, 1.54) is 0 Å². The highest BCUT2D eigenvalue weighted by Gasteiger charge is 2.15. The van der Waals surface area contributed by atoms with Crippen molar-refractivity contribution in [2.24, 2.45) is 0 Å². The molecule has 0 bridgehead atoms. The van der Waals surface area contributed by atoms with Gasteiger partial charge in [-0.15, -0.1) is 11.3 Å². The lowest BCUT2D eigenvalue weighted by Gasteiger charge is -2.04. The Morgan fingerprint density at radius 1 is 0.773 bits per heavy atom. The number of nitrogens with zero attached hydrogens (tertiary/aromatic N) is 2. The largest absolute Gasteiger partial charge is 0.506 e. The Morgan fingerprint density at radius 3 is 2.41 bits per heavy atom. The monoisotopic (exact) mass is 302 g/mol. The predicted molar refractivity (Wildman–Crippen MR) is 91.6 cm³/mol. The van der Waals surface area contributed by atoms with Crippen LogP contribution in [0.4, 0.5) is 0 Å². The van der Waals surface area contributed by atoms with Gasteiger partial charge in [-0.05, 0) is 18.2 Å². The Bertz CT molecular complexity index is 1190. The van der Waals surface area contributed by atoms with Gasteiger partial charge in [0, 0.05) is 16.8 Å². The molecule has 2 heterocycles. The second-order valence-corrected chi connectivity index (χ2v) is 6.36. The maximum Gasteiger partial charge on any atom is 0.143 e.